The van der Waals surface area contributed by atoms with Gasteiger partial charge in [0.1, 0.15) is 11.5 Å². The van der Waals surface area contributed by atoms with Crippen molar-refractivity contribution in [3.8, 4) is 0 Å². The zero-order valence-electron chi connectivity index (χ0n) is 9.73. The molecule has 0 unspecified atom stereocenters. The Morgan fingerprint density at radius 1 is 1.50 bits per heavy atom. The summed E-state index contributed by atoms with van der Waals surface area (Å²) in [6, 6.07) is 0. The first-order chi connectivity index (χ1) is 7.10. The van der Waals surface area contributed by atoms with E-state index < -0.39 is 5.97 Å². The summed E-state index contributed by atoms with van der Waals surface area (Å²) in [5.74, 6) is -0.951. The number of carbonyl (C=O) groups is 1. The molecule has 16 heavy (non-hydrogen) atoms. The van der Waals surface area contributed by atoms with Crippen molar-refractivity contribution < 1.29 is 39.5 Å². The van der Waals surface area contributed by atoms with E-state index in [1.165, 1.54) is 6.20 Å². The van der Waals surface area contributed by atoms with Gasteiger partial charge < -0.3 is 20.5 Å². The van der Waals surface area contributed by atoms with E-state index in [4.69, 9.17) is 5.73 Å². The van der Waals surface area contributed by atoms with Crippen molar-refractivity contribution in [1.82, 2.24) is 9.97 Å². The molecular formula is C9H13N4NaO2. The maximum atomic E-state index is 10.5. The zero-order valence-corrected chi connectivity index (χ0v) is 11.7. The van der Waals surface area contributed by atoms with E-state index in [9.17, 15) is 9.90 Å². The number of nitrogens with two attached hydrogens (primary N) is 1. The van der Waals surface area contributed by atoms with Gasteiger partial charge in [-0.1, -0.05) is 0 Å². The molecule has 0 aliphatic carbocycles. The number of anilines is 2. The van der Waals surface area contributed by atoms with E-state index in [-0.39, 0.29) is 41.1 Å². The number of carbonyl (C=O) groups excluding carboxylic acids is 1. The summed E-state index contributed by atoms with van der Waals surface area (Å²) >= 11 is 0. The van der Waals surface area contributed by atoms with Crippen molar-refractivity contribution in [2.75, 3.05) is 23.7 Å². The van der Waals surface area contributed by atoms with Gasteiger partial charge in [0.05, 0.1) is 12.2 Å². The number of hydrogen-bond donors (Lipinski definition) is 1. The van der Waals surface area contributed by atoms with Crippen LogP contribution in [0.5, 0.6) is 0 Å². The van der Waals surface area contributed by atoms with Gasteiger partial charge >= 0.3 is 29.6 Å². The summed E-state index contributed by atoms with van der Waals surface area (Å²) in [6.07, 6.45) is 1.38. The Bertz CT molecular complexity index is 369. The van der Waals surface area contributed by atoms with Gasteiger partial charge in [-0.2, -0.15) is 0 Å². The van der Waals surface area contributed by atoms with Crippen molar-refractivity contribution in [1.29, 1.82) is 0 Å². The Morgan fingerprint density at radius 2 is 2.06 bits per heavy atom. The molecule has 1 aromatic heterocycles. The normalized spacial score (nSPS) is 9.38. The number of rotatable bonds is 4. The Labute approximate surface area is 116 Å². The van der Waals surface area contributed by atoms with Crippen LogP contribution in [0, 0.1) is 0 Å². The molecule has 0 spiro atoms. The molecule has 0 aromatic carbocycles. The van der Waals surface area contributed by atoms with E-state index in [0.29, 0.717) is 5.82 Å². The summed E-state index contributed by atoms with van der Waals surface area (Å²) in [5.41, 5.74) is 5.13. The van der Waals surface area contributed by atoms with Crippen LogP contribution in [0.25, 0.3) is 0 Å². The third-order valence-corrected chi connectivity index (χ3v) is 2.07. The van der Waals surface area contributed by atoms with Gasteiger partial charge in [0.2, 0.25) is 0 Å². The predicted octanol–water partition coefficient (Wildman–Crippen LogP) is -3.73. The van der Waals surface area contributed by atoms with Gasteiger partial charge in [-0.3, -0.25) is 0 Å². The zero-order chi connectivity index (χ0) is 11.4. The fourth-order valence-electron chi connectivity index (χ4n) is 1.25. The molecule has 2 N–H and O–H groups in total. The molecule has 0 saturated heterocycles. The molecular weight excluding hydrogens is 219 g/mol. The van der Waals surface area contributed by atoms with E-state index in [2.05, 4.69) is 9.97 Å². The molecule has 0 atom stereocenters. The number of nitrogens with zero attached hydrogens (tertiary/aromatic N) is 3. The Balaban J connectivity index is 0.00000225. The van der Waals surface area contributed by atoms with Crippen LogP contribution in [-0.4, -0.2) is 29.0 Å². The van der Waals surface area contributed by atoms with Crippen LogP contribution in [0.2, 0.25) is 0 Å². The number of hydrogen-bond acceptors (Lipinski definition) is 6. The first-order valence-electron chi connectivity index (χ1n) is 4.68. The van der Waals surface area contributed by atoms with Crippen molar-refractivity contribution in [2.24, 2.45) is 0 Å². The average Bonchev–Trinajstić information content (AvgIpc) is 2.19. The van der Waals surface area contributed by atoms with E-state index in [1.807, 2.05) is 18.7 Å². The summed E-state index contributed by atoms with van der Waals surface area (Å²) in [7, 11) is 0. The van der Waals surface area contributed by atoms with Gasteiger partial charge in [0.15, 0.2) is 5.82 Å². The van der Waals surface area contributed by atoms with Crippen LogP contribution >= 0.6 is 0 Å². The predicted molar refractivity (Wildman–Crippen MR) is 54.3 cm³/mol. The molecule has 0 amide bonds. The molecule has 0 bridgehead atoms. The molecule has 1 rings (SSSR count). The number of carboxylic acids is 1. The molecule has 0 saturated carbocycles. The Morgan fingerprint density at radius 3 is 2.44 bits per heavy atom. The summed E-state index contributed by atoms with van der Waals surface area (Å²) < 4.78 is 0. The number of carboxylic acid groups (broad SMARTS) is 1. The minimum Gasteiger partial charge on any atom is -0.543 e. The molecule has 0 radical (unpaired) electrons. The van der Waals surface area contributed by atoms with Crippen LogP contribution in [0.4, 0.5) is 11.6 Å². The van der Waals surface area contributed by atoms with Crippen LogP contribution in [0.1, 0.15) is 24.3 Å². The molecule has 1 heterocycles. The van der Waals surface area contributed by atoms with Crippen LogP contribution in [-0.2, 0) is 0 Å². The van der Waals surface area contributed by atoms with Crippen molar-refractivity contribution in [3.63, 3.8) is 0 Å². The summed E-state index contributed by atoms with van der Waals surface area (Å²) in [5, 5.41) is 10.5. The summed E-state index contributed by atoms with van der Waals surface area (Å²) in [6.45, 7) is 5.45. The average molecular weight is 232 g/mol. The molecule has 0 aliphatic heterocycles. The monoisotopic (exact) mass is 232 g/mol. The van der Waals surface area contributed by atoms with Gasteiger partial charge in [-0.25, -0.2) is 9.97 Å². The van der Waals surface area contributed by atoms with Gasteiger partial charge in [-0.05, 0) is 13.8 Å². The largest absolute Gasteiger partial charge is 1.00 e. The van der Waals surface area contributed by atoms with Gasteiger partial charge in [0, 0.05) is 13.1 Å². The molecule has 0 aliphatic rings. The quantitative estimate of drug-likeness (QED) is 0.536. The molecule has 1 aromatic rings. The topological polar surface area (TPSA) is 95.2 Å². The van der Waals surface area contributed by atoms with Crippen LogP contribution in [0.15, 0.2) is 6.20 Å². The van der Waals surface area contributed by atoms with Crippen LogP contribution in [0.3, 0.4) is 0 Å². The SMILES string of the molecule is CCN(CC)c1cnc(C(=O)[O-])c(N)n1.[Na+]. The smallest absolute Gasteiger partial charge is 0.543 e. The third-order valence-electron chi connectivity index (χ3n) is 2.07. The Kier molecular flexibility index (Phi) is 6.32. The third kappa shape index (κ3) is 3.33. The second-order valence-electron chi connectivity index (χ2n) is 2.92. The van der Waals surface area contributed by atoms with E-state index in [1.54, 1.807) is 0 Å². The van der Waals surface area contributed by atoms with E-state index >= 15 is 0 Å². The number of aromatic nitrogens is 2. The van der Waals surface area contributed by atoms with Crippen molar-refractivity contribution >= 4 is 17.6 Å². The number of aromatic carboxylic acids is 1. The maximum absolute atomic E-state index is 10.5. The van der Waals surface area contributed by atoms with Crippen molar-refractivity contribution in [3.05, 3.63) is 11.9 Å². The maximum Gasteiger partial charge on any atom is 1.00 e. The molecule has 82 valence electrons. The second-order valence-corrected chi connectivity index (χ2v) is 2.92. The minimum absolute atomic E-state index is 0. The fourth-order valence-corrected chi connectivity index (χ4v) is 1.25. The molecule has 7 heteroatoms. The fraction of sp³-hybridized carbons (Fsp3) is 0.444. The van der Waals surface area contributed by atoms with Gasteiger partial charge in [0.25, 0.3) is 0 Å². The Hall–Kier alpha value is -0.850. The standard InChI is InChI=1S/C9H14N4O2.Na/c1-3-13(4-2)6-5-11-7(9(14)15)8(10)12-6;/h5H,3-4H2,1-2H3,(H2,10,12)(H,14,15);/q;+1/p-1. The second kappa shape index (κ2) is 6.67. The summed E-state index contributed by atoms with van der Waals surface area (Å²) in [4.78, 5) is 20.1. The molecule has 0 fully saturated rings. The first kappa shape index (κ1) is 15.2. The van der Waals surface area contributed by atoms with Crippen molar-refractivity contribution in [2.45, 2.75) is 13.8 Å². The minimum atomic E-state index is -1.41. The van der Waals surface area contributed by atoms with Crippen LogP contribution < -0.4 is 45.3 Å². The van der Waals surface area contributed by atoms with E-state index in [0.717, 1.165) is 13.1 Å². The first-order valence-corrected chi connectivity index (χ1v) is 4.68. The number of nitrogen functional groups attached to an aromatic ring is 1. The molecule has 6 nitrogen and oxygen atoms in total. The van der Waals surface area contributed by atoms with Gasteiger partial charge in [-0.15, -0.1) is 0 Å².